The van der Waals surface area contributed by atoms with E-state index in [-0.39, 0.29) is 23.3 Å². The minimum atomic E-state index is -0.0236. The van der Waals surface area contributed by atoms with Gasteiger partial charge in [-0.2, -0.15) is 0 Å². The molecular weight excluding hydrogens is 424 g/mol. The molecule has 0 radical (unpaired) electrons. The highest BCUT2D eigenvalue weighted by atomic mass is 16.5. The predicted molar refractivity (Wildman–Crippen MR) is 135 cm³/mol. The van der Waals surface area contributed by atoms with E-state index in [2.05, 4.69) is 42.3 Å². The number of amides is 1. The molecule has 1 aromatic rings. The van der Waals surface area contributed by atoms with Gasteiger partial charge in [-0.1, -0.05) is 13.0 Å². The Balaban J connectivity index is 1.24. The molecule has 5 heteroatoms. The van der Waals surface area contributed by atoms with E-state index in [1.807, 2.05) is 0 Å². The molecule has 1 amide bonds. The third-order valence-electron chi connectivity index (χ3n) is 10.0. The maximum absolute atomic E-state index is 12.7. The van der Waals surface area contributed by atoms with Crippen LogP contribution in [0.25, 0.3) is 0 Å². The summed E-state index contributed by atoms with van der Waals surface area (Å²) in [6, 6.07) is 7.61. The van der Waals surface area contributed by atoms with E-state index in [0.29, 0.717) is 17.8 Å². The van der Waals surface area contributed by atoms with Crippen molar-refractivity contribution in [3.63, 3.8) is 0 Å². The summed E-state index contributed by atoms with van der Waals surface area (Å²) in [5.74, 6) is 2.96. The largest absolute Gasteiger partial charge is 0.494 e. The lowest BCUT2D eigenvalue weighted by Gasteiger charge is -2.50. The lowest BCUT2D eigenvalue weighted by molar-refractivity contribution is -0.130. The summed E-state index contributed by atoms with van der Waals surface area (Å²) in [5, 5.41) is 2.90. The first kappa shape index (κ1) is 24.1. The lowest BCUT2D eigenvalue weighted by atomic mass is 9.55. The zero-order chi connectivity index (χ0) is 23.9. The Morgan fingerprint density at radius 2 is 2.12 bits per heavy atom. The number of hydrogen-bond donors (Lipinski definition) is 1. The van der Waals surface area contributed by atoms with Crippen LogP contribution in [0.1, 0.15) is 75.8 Å². The van der Waals surface area contributed by atoms with Crippen molar-refractivity contribution < 1.29 is 14.3 Å². The van der Waals surface area contributed by atoms with Crippen LogP contribution in [0, 0.1) is 23.2 Å². The van der Waals surface area contributed by atoms with E-state index in [1.165, 1.54) is 43.4 Å². The van der Waals surface area contributed by atoms with Gasteiger partial charge in [0, 0.05) is 26.7 Å². The summed E-state index contributed by atoms with van der Waals surface area (Å²) >= 11 is 0. The lowest BCUT2D eigenvalue weighted by Crippen LogP contribution is -2.46. The summed E-state index contributed by atoms with van der Waals surface area (Å²) in [4.78, 5) is 15.3. The molecule has 188 valence electrons. The molecule has 1 heterocycles. The molecule has 0 spiro atoms. The van der Waals surface area contributed by atoms with Crippen LogP contribution < -0.4 is 10.1 Å². The smallest absolute Gasteiger partial charge is 0.225 e. The van der Waals surface area contributed by atoms with Crippen LogP contribution in [-0.2, 0) is 16.0 Å². The van der Waals surface area contributed by atoms with Crippen molar-refractivity contribution in [3.8, 4) is 5.75 Å². The molecule has 2 saturated carbocycles. The number of methoxy groups -OCH3 is 1. The van der Waals surface area contributed by atoms with Crippen molar-refractivity contribution in [1.29, 1.82) is 0 Å². The molecular formula is C29H44N2O3. The maximum Gasteiger partial charge on any atom is 0.225 e. The summed E-state index contributed by atoms with van der Waals surface area (Å²) < 4.78 is 12.2. The Bertz CT molecular complexity index is 888. The maximum atomic E-state index is 12.7. The van der Waals surface area contributed by atoms with Gasteiger partial charge in [-0.25, -0.2) is 0 Å². The Kier molecular flexibility index (Phi) is 6.96. The molecule has 1 aliphatic heterocycles. The zero-order valence-electron chi connectivity index (χ0n) is 21.6. The Hall–Kier alpha value is -1.59. The first-order valence-corrected chi connectivity index (χ1v) is 13.7. The SMILES string of the molecule is CNC(=O)[C@H]1C[C@H]2[C@@H]3CCc4cc(OCCCN5CCC[C@H]5C)ccc4[C@H]3CC[C@]2(C)[C@H]1OC. The fourth-order valence-electron chi connectivity index (χ4n) is 8.30. The second-order valence-corrected chi connectivity index (χ2v) is 11.7. The molecule has 0 bridgehead atoms. The highest BCUT2D eigenvalue weighted by Gasteiger charge is 2.60. The molecule has 3 fully saturated rings. The van der Waals surface area contributed by atoms with Gasteiger partial charge in [0.25, 0.3) is 0 Å². The highest BCUT2D eigenvalue weighted by Crippen LogP contribution is 2.63. The second kappa shape index (κ2) is 9.81. The topological polar surface area (TPSA) is 50.8 Å². The number of carbonyl (C=O) groups excluding carboxylic acids is 1. The van der Waals surface area contributed by atoms with Gasteiger partial charge in [-0.05, 0) is 111 Å². The van der Waals surface area contributed by atoms with Gasteiger partial charge in [-0.3, -0.25) is 4.79 Å². The Morgan fingerprint density at radius 1 is 1.26 bits per heavy atom. The van der Waals surface area contributed by atoms with Crippen LogP contribution in [0.4, 0.5) is 0 Å². The van der Waals surface area contributed by atoms with Crippen LogP contribution in [0.15, 0.2) is 18.2 Å². The fraction of sp³-hybridized carbons (Fsp3) is 0.759. The molecule has 1 aromatic carbocycles. The highest BCUT2D eigenvalue weighted by molar-refractivity contribution is 5.79. The normalized spacial score (nSPS) is 37.1. The molecule has 0 aromatic heterocycles. The van der Waals surface area contributed by atoms with Gasteiger partial charge in [0.05, 0.1) is 18.6 Å². The number of hydrogen-bond acceptors (Lipinski definition) is 4. The van der Waals surface area contributed by atoms with Crippen molar-refractivity contribution in [1.82, 2.24) is 10.2 Å². The van der Waals surface area contributed by atoms with Gasteiger partial charge in [-0.15, -0.1) is 0 Å². The Labute approximate surface area is 206 Å². The van der Waals surface area contributed by atoms with Gasteiger partial charge in [0.1, 0.15) is 5.75 Å². The van der Waals surface area contributed by atoms with Crippen LogP contribution in [0.3, 0.4) is 0 Å². The van der Waals surface area contributed by atoms with Crippen molar-refractivity contribution in [2.75, 3.05) is 33.9 Å². The van der Waals surface area contributed by atoms with E-state index in [4.69, 9.17) is 9.47 Å². The van der Waals surface area contributed by atoms with Crippen molar-refractivity contribution in [2.45, 2.75) is 83.3 Å². The quantitative estimate of drug-likeness (QED) is 0.585. The molecule has 4 aliphatic rings. The van der Waals surface area contributed by atoms with Crippen molar-refractivity contribution >= 4 is 5.91 Å². The number of likely N-dealkylation sites (tertiary alicyclic amines) is 1. The second-order valence-electron chi connectivity index (χ2n) is 11.7. The number of ether oxygens (including phenoxy) is 2. The Morgan fingerprint density at radius 3 is 2.85 bits per heavy atom. The molecule has 3 aliphatic carbocycles. The summed E-state index contributed by atoms with van der Waals surface area (Å²) in [7, 11) is 3.55. The average Bonchev–Trinajstić information content (AvgIpc) is 3.40. The molecule has 1 saturated heterocycles. The zero-order valence-corrected chi connectivity index (χ0v) is 21.6. The molecule has 5 rings (SSSR count). The molecule has 1 N–H and O–H groups in total. The molecule has 0 unspecified atom stereocenters. The van der Waals surface area contributed by atoms with Gasteiger partial charge >= 0.3 is 0 Å². The summed E-state index contributed by atoms with van der Waals surface area (Å²) in [6.07, 6.45) is 9.43. The number of nitrogens with one attached hydrogen (secondary N) is 1. The minimum absolute atomic E-state index is 0.0236. The van der Waals surface area contributed by atoms with Crippen LogP contribution >= 0.6 is 0 Å². The average molecular weight is 469 g/mol. The van der Waals surface area contributed by atoms with E-state index in [1.54, 1.807) is 14.2 Å². The third kappa shape index (κ3) is 4.17. The molecule has 34 heavy (non-hydrogen) atoms. The van der Waals surface area contributed by atoms with E-state index in [9.17, 15) is 4.79 Å². The van der Waals surface area contributed by atoms with E-state index < -0.39 is 0 Å². The number of aryl methyl sites for hydroxylation is 1. The standard InChI is InChI=1S/C29H44N2O3/c1-19-7-5-14-31(19)15-6-16-34-21-9-11-22-20(17-21)8-10-24-23(22)12-13-29(2)26(24)18-25(27(29)33-4)28(32)30-3/h9,11,17,19,23-27H,5-8,10,12-16,18H2,1-4H3,(H,30,32)/t19-,23-,24-,25+,26+,27+,29+/m1/s1. The summed E-state index contributed by atoms with van der Waals surface area (Å²) in [5.41, 5.74) is 3.12. The van der Waals surface area contributed by atoms with Gasteiger partial charge < -0.3 is 19.7 Å². The molecule has 5 nitrogen and oxygen atoms in total. The monoisotopic (exact) mass is 468 g/mol. The number of carbonyl (C=O) groups is 1. The van der Waals surface area contributed by atoms with Crippen LogP contribution in [0.2, 0.25) is 0 Å². The van der Waals surface area contributed by atoms with Crippen LogP contribution in [0.5, 0.6) is 5.75 Å². The van der Waals surface area contributed by atoms with Crippen molar-refractivity contribution in [2.24, 2.45) is 23.2 Å². The predicted octanol–water partition coefficient (Wildman–Crippen LogP) is 4.78. The first-order valence-electron chi connectivity index (χ1n) is 13.7. The van der Waals surface area contributed by atoms with E-state index in [0.717, 1.165) is 50.6 Å². The molecule has 7 atom stereocenters. The number of nitrogens with zero attached hydrogens (tertiary/aromatic N) is 1. The third-order valence-corrected chi connectivity index (χ3v) is 10.0. The van der Waals surface area contributed by atoms with Crippen LogP contribution in [-0.4, -0.2) is 56.8 Å². The minimum Gasteiger partial charge on any atom is -0.494 e. The van der Waals surface area contributed by atoms with E-state index >= 15 is 0 Å². The number of benzene rings is 1. The van der Waals surface area contributed by atoms with Crippen molar-refractivity contribution in [3.05, 3.63) is 29.3 Å². The number of rotatable bonds is 7. The van der Waals surface area contributed by atoms with Gasteiger partial charge in [0.2, 0.25) is 5.91 Å². The fourth-order valence-corrected chi connectivity index (χ4v) is 8.30. The summed E-state index contributed by atoms with van der Waals surface area (Å²) in [6.45, 7) is 7.93. The number of fused-ring (bicyclic) bond motifs is 5. The first-order chi connectivity index (χ1) is 16.5. The van der Waals surface area contributed by atoms with Gasteiger partial charge in [0.15, 0.2) is 0 Å².